The standard InChI is InChI=1S/C22H24F2N4O5S/c1-22(2,3)16(27-21(29)30)10-13-12-28(19(18(13)23)15-6-5-9-25-20(15)24)34(31,32)17-8-7-14(33-4)11-26-17/h5-9,11-12,16,27H,10H2,1-4H3,(H,29,30). The molecule has 3 aromatic heterocycles. The second-order valence-corrected chi connectivity index (χ2v) is 10.3. The van der Waals surface area contributed by atoms with Crippen LogP contribution in [-0.2, 0) is 16.4 Å². The number of amides is 1. The average molecular weight is 495 g/mol. The highest BCUT2D eigenvalue weighted by Crippen LogP contribution is 2.33. The molecule has 1 unspecified atom stereocenters. The van der Waals surface area contributed by atoms with E-state index < -0.39 is 50.1 Å². The van der Waals surface area contributed by atoms with Gasteiger partial charge in [-0.25, -0.2) is 23.1 Å². The molecular weight excluding hydrogens is 470 g/mol. The summed E-state index contributed by atoms with van der Waals surface area (Å²) in [7, 11) is -3.09. The van der Waals surface area contributed by atoms with Crippen molar-refractivity contribution in [2.75, 3.05) is 7.11 Å². The van der Waals surface area contributed by atoms with Gasteiger partial charge in [0.1, 0.15) is 11.4 Å². The minimum absolute atomic E-state index is 0.121. The molecular formula is C22H24F2N4O5S. The van der Waals surface area contributed by atoms with E-state index in [1.54, 1.807) is 20.8 Å². The number of pyridine rings is 2. The molecule has 182 valence electrons. The number of carbonyl (C=O) groups is 1. The van der Waals surface area contributed by atoms with E-state index in [-0.39, 0.29) is 17.5 Å². The molecule has 9 nitrogen and oxygen atoms in total. The lowest BCUT2D eigenvalue weighted by Crippen LogP contribution is -2.44. The van der Waals surface area contributed by atoms with Gasteiger partial charge in [-0.3, -0.25) is 0 Å². The molecule has 0 aliphatic carbocycles. The van der Waals surface area contributed by atoms with E-state index in [2.05, 4.69) is 15.3 Å². The van der Waals surface area contributed by atoms with Gasteiger partial charge in [0.2, 0.25) is 5.95 Å². The molecule has 3 heterocycles. The third kappa shape index (κ3) is 5.01. The lowest BCUT2D eigenvalue weighted by Gasteiger charge is -2.30. The highest BCUT2D eigenvalue weighted by atomic mass is 32.2. The van der Waals surface area contributed by atoms with E-state index >= 15 is 4.39 Å². The Hall–Kier alpha value is -3.54. The Balaban J connectivity index is 2.22. The van der Waals surface area contributed by atoms with Crippen LogP contribution in [0.15, 0.2) is 47.9 Å². The Bertz CT molecular complexity index is 1300. The quantitative estimate of drug-likeness (QED) is 0.480. The van der Waals surface area contributed by atoms with Crippen LogP contribution in [0.4, 0.5) is 13.6 Å². The van der Waals surface area contributed by atoms with E-state index in [1.807, 2.05) is 0 Å². The smallest absolute Gasteiger partial charge is 0.404 e. The van der Waals surface area contributed by atoms with E-state index in [4.69, 9.17) is 4.74 Å². The van der Waals surface area contributed by atoms with E-state index in [0.717, 1.165) is 12.4 Å². The molecule has 0 radical (unpaired) electrons. The fourth-order valence-corrected chi connectivity index (χ4v) is 4.64. The van der Waals surface area contributed by atoms with E-state index in [9.17, 15) is 22.7 Å². The first-order chi connectivity index (χ1) is 15.9. The molecule has 0 fully saturated rings. The zero-order valence-corrected chi connectivity index (χ0v) is 19.7. The summed E-state index contributed by atoms with van der Waals surface area (Å²) in [4.78, 5) is 18.7. The summed E-state index contributed by atoms with van der Waals surface area (Å²) in [5.41, 5.74) is -1.70. The lowest BCUT2D eigenvalue weighted by molar-refractivity contribution is 0.174. The van der Waals surface area contributed by atoms with Crippen LogP contribution in [0, 0.1) is 17.2 Å². The molecule has 1 atom stereocenters. The first-order valence-corrected chi connectivity index (χ1v) is 11.6. The molecule has 0 bridgehead atoms. The molecule has 1 amide bonds. The summed E-state index contributed by atoms with van der Waals surface area (Å²) >= 11 is 0. The number of carboxylic acid groups (broad SMARTS) is 1. The summed E-state index contributed by atoms with van der Waals surface area (Å²) in [6.07, 6.45) is 1.85. The minimum Gasteiger partial charge on any atom is -0.495 e. The SMILES string of the molecule is COc1ccc(S(=O)(=O)n2cc(CC(NC(=O)O)C(C)(C)C)c(F)c2-c2cccnc2F)nc1. The summed E-state index contributed by atoms with van der Waals surface area (Å²) in [6.45, 7) is 5.26. The number of ether oxygens (including phenoxy) is 1. The van der Waals surface area contributed by atoms with Gasteiger partial charge in [0, 0.05) is 24.0 Å². The van der Waals surface area contributed by atoms with Crippen molar-refractivity contribution in [1.82, 2.24) is 19.3 Å². The Morgan fingerprint density at radius 1 is 1.24 bits per heavy atom. The molecule has 2 N–H and O–H groups in total. The van der Waals surface area contributed by atoms with Crippen molar-refractivity contribution < 1.29 is 31.8 Å². The predicted octanol–water partition coefficient (Wildman–Crippen LogP) is 3.69. The minimum atomic E-state index is -4.48. The van der Waals surface area contributed by atoms with Crippen LogP contribution in [0.5, 0.6) is 5.75 Å². The van der Waals surface area contributed by atoms with Gasteiger partial charge in [-0.1, -0.05) is 20.8 Å². The van der Waals surface area contributed by atoms with E-state index in [0.29, 0.717) is 9.72 Å². The highest BCUT2D eigenvalue weighted by molar-refractivity contribution is 7.90. The fraction of sp³-hybridized carbons (Fsp3) is 0.318. The predicted molar refractivity (Wildman–Crippen MR) is 119 cm³/mol. The van der Waals surface area contributed by atoms with Crippen molar-refractivity contribution >= 4 is 16.1 Å². The van der Waals surface area contributed by atoms with Crippen molar-refractivity contribution in [3.63, 3.8) is 0 Å². The van der Waals surface area contributed by atoms with Crippen molar-refractivity contribution in [2.24, 2.45) is 5.41 Å². The zero-order valence-electron chi connectivity index (χ0n) is 18.9. The maximum Gasteiger partial charge on any atom is 0.404 e. The van der Waals surface area contributed by atoms with Crippen LogP contribution in [0.25, 0.3) is 11.3 Å². The van der Waals surface area contributed by atoms with Gasteiger partial charge in [-0.05, 0) is 36.1 Å². The molecule has 0 saturated carbocycles. The zero-order chi connectivity index (χ0) is 25.3. The molecule has 0 saturated heterocycles. The van der Waals surface area contributed by atoms with E-state index in [1.165, 1.54) is 37.6 Å². The van der Waals surface area contributed by atoms with Crippen LogP contribution in [-0.4, -0.2) is 46.7 Å². The fourth-order valence-electron chi connectivity index (χ4n) is 3.33. The molecule has 3 aromatic rings. The van der Waals surface area contributed by atoms with Gasteiger partial charge in [-0.15, -0.1) is 0 Å². The Labute approximate surface area is 195 Å². The maximum atomic E-state index is 15.7. The number of hydrogen-bond donors (Lipinski definition) is 2. The molecule has 0 aliphatic rings. The van der Waals surface area contributed by atoms with Crippen LogP contribution in [0.2, 0.25) is 0 Å². The van der Waals surface area contributed by atoms with Crippen molar-refractivity contribution in [2.45, 2.75) is 38.3 Å². The van der Waals surface area contributed by atoms with Crippen LogP contribution < -0.4 is 10.1 Å². The Morgan fingerprint density at radius 3 is 2.47 bits per heavy atom. The van der Waals surface area contributed by atoms with Gasteiger partial charge in [0.25, 0.3) is 10.0 Å². The van der Waals surface area contributed by atoms with Gasteiger partial charge < -0.3 is 15.2 Å². The van der Waals surface area contributed by atoms with Gasteiger partial charge in [0.15, 0.2) is 10.8 Å². The number of methoxy groups -OCH3 is 1. The third-order valence-electron chi connectivity index (χ3n) is 5.23. The number of halogens is 2. The average Bonchev–Trinajstić information content (AvgIpc) is 3.09. The third-order valence-corrected chi connectivity index (χ3v) is 6.81. The van der Waals surface area contributed by atoms with Crippen molar-refractivity contribution in [1.29, 1.82) is 0 Å². The second-order valence-electron chi connectivity index (χ2n) is 8.57. The number of nitrogens with one attached hydrogen (secondary N) is 1. The number of aromatic nitrogens is 3. The van der Waals surface area contributed by atoms with Gasteiger partial charge in [-0.2, -0.15) is 12.8 Å². The maximum absolute atomic E-state index is 15.7. The Morgan fingerprint density at radius 2 is 1.94 bits per heavy atom. The molecule has 0 aromatic carbocycles. The molecule has 3 rings (SSSR count). The Kier molecular flexibility index (Phi) is 6.92. The van der Waals surface area contributed by atoms with Gasteiger partial charge >= 0.3 is 6.09 Å². The first-order valence-electron chi connectivity index (χ1n) is 10.1. The summed E-state index contributed by atoms with van der Waals surface area (Å²) < 4.78 is 62.7. The number of nitrogens with zero attached hydrogens (tertiary/aromatic N) is 3. The monoisotopic (exact) mass is 494 g/mol. The largest absolute Gasteiger partial charge is 0.495 e. The van der Waals surface area contributed by atoms with Crippen LogP contribution >= 0.6 is 0 Å². The van der Waals surface area contributed by atoms with Crippen molar-refractivity contribution in [3.05, 3.63) is 60.2 Å². The normalized spacial score (nSPS) is 12.9. The lowest BCUT2D eigenvalue weighted by atomic mass is 9.83. The first kappa shape index (κ1) is 25.1. The molecule has 34 heavy (non-hydrogen) atoms. The van der Waals surface area contributed by atoms with Crippen LogP contribution in [0.1, 0.15) is 26.3 Å². The molecule has 12 heteroatoms. The van der Waals surface area contributed by atoms with Gasteiger partial charge in [0.05, 0.1) is 18.9 Å². The second kappa shape index (κ2) is 9.37. The molecule has 0 aliphatic heterocycles. The topological polar surface area (TPSA) is 123 Å². The number of hydrogen-bond acceptors (Lipinski definition) is 6. The van der Waals surface area contributed by atoms with Crippen LogP contribution in [0.3, 0.4) is 0 Å². The number of rotatable bonds is 7. The summed E-state index contributed by atoms with van der Waals surface area (Å²) in [5, 5.41) is 11.1. The highest BCUT2D eigenvalue weighted by Gasteiger charge is 2.33. The molecule has 0 spiro atoms. The van der Waals surface area contributed by atoms with Crippen molar-refractivity contribution in [3.8, 4) is 17.0 Å². The summed E-state index contributed by atoms with van der Waals surface area (Å²) in [5.74, 6) is -1.77. The summed E-state index contributed by atoms with van der Waals surface area (Å²) in [6, 6.07) is 4.33.